The van der Waals surface area contributed by atoms with Crippen molar-refractivity contribution in [1.29, 1.82) is 0 Å². The van der Waals surface area contributed by atoms with Crippen LogP contribution in [0, 0.1) is 0 Å². The highest BCUT2D eigenvalue weighted by atomic mass is 32.2. The summed E-state index contributed by atoms with van der Waals surface area (Å²) in [6.07, 6.45) is 4.08. The number of hydrogen-bond acceptors (Lipinski definition) is 4. The summed E-state index contributed by atoms with van der Waals surface area (Å²) in [6.45, 7) is 6.47. The zero-order valence-corrected chi connectivity index (χ0v) is 29.3. The highest BCUT2D eigenvalue weighted by Crippen LogP contribution is 2.59. The van der Waals surface area contributed by atoms with E-state index in [-0.39, 0.29) is 0 Å². The van der Waals surface area contributed by atoms with Crippen LogP contribution in [0.3, 0.4) is 0 Å². The average Bonchev–Trinajstić information content (AvgIpc) is 3.54. The second-order valence-corrected chi connectivity index (χ2v) is 14.3. The molecular weight excluding hydrogens is 653 g/mol. The van der Waals surface area contributed by atoms with Gasteiger partial charge in [-0.2, -0.15) is 0 Å². The van der Waals surface area contributed by atoms with E-state index < -0.39 is 5.41 Å². The van der Waals surface area contributed by atoms with Crippen molar-refractivity contribution in [2.75, 3.05) is 0 Å². The van der Waals surface area contributed by atoms with Gasteiger partial charge in [-0.15, -0.1) is 0 Å². The van der Waals surface area contributed by atoms with E-state index in [0.29, 0.717) is 17.5 Å². The number of para-hydroxylation sites is 2. The molecule has 2 aromatic heterocycles. The molecule has 0 N–H and O–H groups in total. The molecule has 1 atom stereocenters. The molecule has 4 nitrogen and oxygen atoms in total. The molecule has 6 aromatic carbocycles. The lowest BCUT2D eigenvalue weighted by molar-refractivity contribution is 0.711. The number of rotatable bonds is 4. The molecule has 10 rings (SSSR count). The molecule has 0 bridgehead atoms. The molecule has 0 radical (unpaired) electrons. The standard InChI is InChI=1S/C47H32N4S/c1-3-17-34-33-22-10-13-27-39(33)51-40-28-14-11-24-36(40)47(30(2)42(34)51)37-25-12-15-29-41(37)52-43-35(23-16-26-38(43)47)46-49-44(31-18-6-4-7-19-31)48-45(50-46)32-20-8-5-9-21-32/h3-29H,1H2,2H3/b34-17-. The van der Waals surface area contributed by atoms with Gasteiger partial charge in [0.25, 0.3) is 0 Å². The summed E-state index contributed by atoms with van der Waals surface area (Å²) in [5, 5.41) is 3.60. The van der Waals surface area contributed by atoms with Gasteiger partial charge in [-0.25, -0.2) is 15.0 Å². The minimum absolute atomic E-state index is 0.588. The van der Waals surface area contributed by atoms with E-state index in [9.17, 15) is 0 Å². The van der Waals surface area contributed by atoms with Gasteiger partial charge in [0.1, 0.15) is 0 Å². The summed E-state index contributed by atoms with van der Waals surface area (Å²) in [4.78, 5) is 17.8. The molecule has 1 unspecified atom stereocenters. The van der Waals surface area contributed by atoms with E-state index >= 15 is 0 Å². The average molecular weight is 685 g/mol. The van der Waals surface area contributed by atoms with Crippen molar-refractivity contribution < 1.29 is 0 Å². The van der Waals surface area contributed by atoms with Gasteiger partial charge < -0.3 is 4.57 Å². The summed E-state index contributed by atoms with van der Waals surface area (Å²) in [5.41, 5.74) is 9.70. The van der Waals surface area contributed by atoms with Gasteiger partial charge >= 0.3 is 0 Å². The van der Waals surface area contributed by atoms with E-state index in [1.165, 1.54) is 54.3 Å². The maximum atomic E-state index is 5.20. The van der Waals surface area contributed by atoms with Crippen LogP contribution in [0.4, 0.5) is 0 Å². The van der Waals surface area contributed by atoms with Gasteiger partial charge in [-0.3, -0.25) is 0 Å². The lowest BCUT2D eigenvalue weighted by Crippen LogP contribution is -2.46. The first kappa shape index (κ1) is 30.5. The molecule has 0 amide bonds. The highest BCUT2D eigenvalue weighted by molar-refractivity contribution is 7.99. The third-order valence-electron chi connectivity index (χ3n) is 10.5. The second-order valence-electron chi connectivity index (χ2n) is 13.2. The largest absolute Gasteiger partial charge is 0.309 e. The predicted octanol–water partition coefficient (Wildman–Crippen LogP) is 9.77. The number of aromatic nitrogens is 4. The highest BCUT2D eigenvalue weighted by Gasteiger charge is 2.49. The summed E-state index contributed by atoms with van der Waals surface area (Å²) < 4.78 is 2.46. The third-order valence-corrected chi connectivity index (χ3v) is 11.7. The number of hydrogen-bond donors (Lipinski definition) is 0. The Morgan fingerprint density at radius 2 is 1.19 bits per heavy atom. The van der Waals surface area contributed by atoms with Crippen LogP contribution in [0.25, 0.3) is 62.4 Å². The molecule has 0 fully saturated rings. The first-order chi connectivity index (χ1) is 25.7. The van der Waals surface area contributed by atoms with Gasteiger partial charge in [0, 0.05) is 37.1 Å². The maximum absolute atomic E-state index is 5.20. The monoisotopic (exact) mass is 684 g/mol. The van der Waals surface area contributed by atoms with Gasteiger partial charge in [-0.1, -0.05) is 164 Å². The maximum Gasteiger partial charge on any atom is 0.165 e. The Hall–Kier alpha value is -6.30. The minimum Gasteiger partial charge on any atom is -0.309 e. The van der Waals surface area contributed by atoms with E-state index in [0.717, 1.165) is 21.6 Å². The first-order valence-electron chi connectivity index (χ1n) is 17.5. The fourth-order valence-electron chi connectivity index (χ4n) is 8.40. The Bertz CT molecular complexity index is 2800. The van der Waals surface area contributed by atoms with E-state index in [1.54, 1.807) is 0 Å². The summed E-state index contributed by atoms with van der Waals surface area (Å²) in [5.74, 6) is 1.96. The van der Waals surface area contributed by atoms with Crippen LogP contribution in [0.15, 0.2) is 174 Å². The molecule has 1 spiro atoms. The fourth-order valence-corrected chi connectivity index (χ4v) is 9.70. The smallest absolute Gasteiger partial charge is 0.165 e. The molecular formula is C47H32N4S. The molecule has 0 aliphatic carbocycles. The lowest BCUT2D eigenvalue weighted by Gasteiger charge is -2.45. The zero-order valence-electron chi connectivity index (χ0n) is 28.5. The van der Waals surface area contributed by atoms with Crippen molar-refractivity contribution in [3.8, 4) is 39.9 Å². The Morgan fingerprint density at radius 3 is 1.92 bits per heavy atom. The zero-order chi connectivity index (χ0) is 34.8. The van der Waals surface area contributed by atoms with Crippen LogP contribution >= 0.6 is 11.8 Å². The van der Waals surface area contributed by atoms with Crippen molar-refractivity contribution in [2.45, 2.75) is 22.1 Å². The van der Waals surface area contributed by atoms with Gasteiger partial charge in [-0.05, 0) is 47.4 Å². The van der Waals surface area contributed by atoms with E-state index in [2.05, 4.69) is 139 Å². The van der Waals surface area contributed by atoms with Gasteiger partial charge in [0.15, 0.2) is 17.5 Å². The van der Waals surface area contributed by atoms with Gasteiger partial charge in [0.05, 0.1) is 22.0 Å². The molecule has 52 heavy (non-hydrogen) atoms. The number of benzene rings is 6. The Morgan fingerprint density at radius 1 is 0.596 bits per heavy atom. The van der Waals surface area contributed by atoms with Crippen molar-refractivity contribution >= 4 is 34.3 Å². The topological polar surface area (TPSA) is 43.6 Å². The molecule has 2 aliphatic rings. The van der Waals surface area contributed by atoms with Crippen LogP contribution < -0.4 is 10.6 Å². The van der Waals surface area contributed by atoms with Crippen molar-refractivity contribution in [1.82, 2.24) is 19.5 Å². The molecule has 5 heteroatoms. The van der Waals surface area contributed by atoms with Crippen LogP contribution in [0.5, 0.6) is 0 Å². The van der Waals surface area contributed by atoms with Crippen LogP contribution in [0.1, 0.15) is 23.6 Å². The van der Waals surface area contributed by atoms with Crippen LogP contribution in [-0.2, 0) is 5.41 Å². The summed E-state index contributed by atoms with van der Waals surface area (Å²) >= 11 is 1.81. The van der Waals surface area contributed by atoms with E-state index in [4.69, 9.17) is 15.0 Å². The molecule has 0 saturated carbocycles. The Kier molecular flexibility index (Phi) is 6.98. The number of nitrogens with zero attached hydrogens (tertiary/aromatic N) is 4. The predicted molar refractivity (Wildman–Crippen MR) is 213 cm³/mol. The number of fused-ring (bicyclic) bond motifs is 10. The normalized spacial score (nSPS) is 15.9. The quantitative estimate of drug-likeness (QED) is 0.185. The number of allylic oxidation sites excluding steroid dienone is 1. The van der Waals surface area contributed by atoms with Crippen molar-refractivity contribution in [3.63, 3.8) is 0 Å². The molecule has 8 aromatic rings. The Labute approximate surface area is 306 Å². The molecule has 246 valence electrons. The SMILES string of the molecule is C=C/C=c1\c2n(c3ccccc13)-c1ccccc1C1(C=2C)c2ccccc2Sc2c(-c3nc(-c4ccccc4)nc(-c4ccccc4)n3)cccc21. The lowest BCUT2D eigenvalue weighted by atomic mass is 9.63. The molecule has 4 heterocycles. The molecule has 2 aliphatic heterocycles. The summed E-state index contributed by atoms with van der Waals surface area (Å²) in [7, 11) is 0. The van der Waals surface area contributed by atoms with Crippen LogP contribution in [0.2, 0.25) is 0 Å². The fraction of sp³-hybridized carbons (Fsp3) is 0.0426. The third kappa shape index (κ3) is 4.33. The second kappa shape index (κ2) is 11.9. The Balaban J connectivity index is 1.34. The van der Waals surface area contributed by atoms with E-state index in [1.807, 2.05) is 54.2 Å². The minimum atomic E-state index is -0.588. The van der Waals surface area contributed by atoms with Gasteiger partial charge in [0.2, 0.25) is 0 Å². The van der Waals surface area contributed by atoms with Crippen molar-refractivity contribution in [3.05, 3.63) is 192 Å². The summed E-state index contributed by atoms with van der Waals surface area (Å²) in [6, 6.07) is 53.6. The molecule has 0 saturated heterocycles. The first-order valence-corrected chi connectivity index (χ1v) is 18.3. The van der Waals surface area contributed by atoms with Crippen LogP contribution in [-0.4, -0.2) is 19.5 Å². The van der Waals surface area contributed by atoms with Crippen molar-refractivity contribution in [2.24, 2.45) is 0 Å².